The fourth-order valence-corrected chi connectivity index (χ4v) is 3.00. The molecule has 0 amide bonds. The van der Waals surface area contributed by atoms with Crippen molar-refractivity contribution < 1.29 is 4.74 Å². The van der Waals surface area contributed by atoms with Crippen LogP contribution in [0, 0.1) is 0 Å². The number of morpholine rings is 1. The molecule has 18 heavy (non-hydrogen) atoms. The van der Waals surface area contributed by atoms with Crippen molar-refractivity contribution in [3.05, 3.63) is 29.3 Å². The van der Waals surface area contributed by atoms with Gasteiger partial charge in [0.1, 0.15) is 0 Å². The number of fused-ring (bicyclic) bond motifs is 1. The molecule has 1 saturated heterocycles. The maximum Gasteiger partial charge on any atom is 0.0723 e. The molecule has 3 heteroatoms. The van der Waals surface area contributed by atoms with Crippen molar-refractivity contribution in [1.82, 2.24) is 5.32 Å². The predicted octanol–water partition coefficient (Wildman–Crippen LogP) is 1.95. The molecule has 98 valence electrons. The van der Waals surface area contributed by atoms with Crippen LogP contribution in [0.5, 0.6) is 0 Å². The van der Waals surface area contributed by atoms with Gasteiger partial charge in [-0.2, -0.15) is 0 Å². The maximum absolute atomic E-state index is 5.73. The Bertz CT molecular complexity index is 433. The number of nitrogens with zero attached hydrogens (tertiary/aromatic N) is 1. The van der Waals surface area contributed by atoms with Crippen molar-refractivity contribution in [3.63, 3.8) is 0 Å². The normalized spacial score (nSPS) is 28.0. The molecule has 0 spiro atoms. The molecule has 1 aromatic rings. The van der Waals surface area contributed by atoms with Crippen molar-refractivity contribution in [2.45, 2.75) is 39.0 Å². The van der Waals surface area contributed by atoms with Crippen LogP contribution >= 0.6 is 0 Å². The third kappa shape index (κ3) is 2.13. The van der Waals surface area contributed by atoms with Gasteiger partial charge in [0.25, 0.3) is 0 Å². The minimum Gasteiger partial charge on any atom is -0.375 e. The fourth-order valence-electron chi connectivity index (χ4n) is 3.00. The third-order valence-electron chi connectivity index (χ3n) is 4.04. The van der Waals surface area contributed by atoms with Gasteiger partial charge in [0.2, 0.25) is 0 Å². The summed E-state index contributed by atoms with van der Waals surface area (Å²) in [7, 11) is 0. The Labute approximate surface area is 109 Å². The van der Waals surface area contributed by atoms with Crippen molar-refractivity contribution in [3.8, 4) is 0 Å². The van der Waals surface area contributed by atoms with Crippen LogP contribution < -0.4 is 10.2 Å². The monoisotopic (exact) mass is 246 g/mol. The van der Waals surface area contributed by atoms with Gasteiger partial charge in [-0.15, -0.1) is 0 Å². The largest absolute Gasteiger partial charge is 0.375 e. The SMILES string of the molecule is CC1CN(c2cccc3c2CNCC3)C(C)CO1. The molecular formula is C15H22N2O. The van der Waals surface area contributed by atoms with Gasteiger partial charge < -0.3 is 15.0 Å². The summed E-state index contributed by atoms with van der Waals surface area (Å²) in [5, 5.41) is 3.49. The van der Waals surface area contributed by atoms with Gasteiger partial charge in [-0.05, 0) is 44.0 Å². The first-order chi connectivity index (χ1) is 8.75. The molecule has 2 unspecified atom stereocenters. The Kier molecular flexibility index (Phi) is 3.27. The molecule has 2 atom stereocenters. The summed E-state index contributed by atoms with van der Waals surface area (Å²) < 4.78 is 5.73. The van der Waals surface area contributed by atoms with Crippen LogP contribution in [-0.4, -0.2) is 31.8 Å². The van der Waals surface area contributed by atoms with Gasteiger partial charge >= 0.3 is 0 Å². The molecule has 1 fully saturated rings. The van der Waals surface area contributed by atoms with E-state index in [2.05, 4.69) is 42.3 Å². The van der Waals surface area contributed by atoms with Crippen LogP contribution in [0.15, 0.2) is 18.2 Å². The van der Waals surface area contributed by atoms with E-state index in [1.165, 1.54) is 16.8 Å². The summed E-state index contributed by atoms with van der Waals surface area (Å²) in [6.45, 7) is 8.35. The van der Waals surface area contributed by atoms with Crippen LogP contribution in [-0.2, 0) is 17.7 Å². The lowest BCUT2D eigenvalue weighted by molar-refractivity contribution is 0.0343. The van der Waals surface area contributed by atoms with E-state index < -0.39 is 0 Å². The number of ether oxygens (including phenoxy) is 1. The number of hydrogen-bond acceptors (Lipinski definition) is 3. The van der Waals surface area contributed by atoms with E-state index in [0.29, 0.717) is 12.1 Å². The molecule has 0 bridgehead atoms. The van der Waals surface area contributed by atoms with E-state index in [0.717, 1.165) is 32.7 Å². The smallest absolute Gasteiger partial charge is 0.0723 e. The molecule has 0 saturated carbocycles. The highest BCUT2D eigenvalue weighted by molar-refractivity contribution is 5.58. The van der Waals surface area contributed by atoms with Gasteiger partial charge in [-0.3, -0.25) is 0 Å². The Balaban J connectivity index is 1.95. The van der Waals surface area contributed by atoms with Crippen LogP contribution in [0.1, 0.15) is 25.0 Å². The van der Waals surface area contributed by atoms with E-state index in [-0.39, 0.29) is 0 Å². The van der Waals surface area contributed by atoms with Crippen molar-refractivity contribution in [2.24, 2.45) is 0 Å². The minimum atomic E-state index is 0.327. The van der Waals surface area contributed by atoms with Crippen LogP contribution in [0.2, 0.25) is 0 Å². The number of hydrogen-bond donors (Lipinski definition) is 1. The molecule has 2 aliphatic rings. The van der Waals surface area contributed by atoms with Crippen LogP contribution in [0.3, 0.4) is 0 Å². The summed E-state index contributed by atoms with van der Waals surface area (Å²) in [4.78, 5) is 2.51. The molecule has 3 nitrogen and oxygen atoms in total. The third-order valence-corrected chi connectivity index (χ3v) is 4.04. The molecule has 1 N–H and O–H groups in total. The lowest BCUT2D eigenvalue weighted by Gasteiger charge is -2.40. The lowest BCUT2D eigenvalue weighted by atomic mass is 9.97. The highest BCUT2D eigenvalue weighted by Crippen LogP contribution is 2.29. The Morgan fingerprint density at radius 3 is 3.11 bits per heavy atom. The summed E-state index contributed by atoms with van der Waals surface area (Å²) >= 11 is 0. The van der Waals surface area contributed by atoms with Crippen molar-refractivity contribution >= 4 is 5.69 Å². The van der Waals surface area contributed by atoms with Gasteiger partial charge in [-0.25, -0.2) is 0 Å². The molecule has 0 aromatic heterocycles. The molecule has 3 rings (SSSR count). The van der Waals surface area contributed by atoms with Crippen LogP contribution in [0.25, 0.3) is 0 Å². The maximum atomic E-state index is 5.73. The number of anilines is 1. The average molecular weight is 246 g/mol. The zero-order valence-electron chi connectivity index (χ0n) is 11.3. The minimum absolute atomic E-state index is 0.327. The highest BCUT2D eigenvalue weighted by Gasteiger charge is 2.26. The Morgan fingerprint density at radius 2 is 2.22 bits per heavy atom. The van der Waals surface area contributed by atoms with Crippen molar-refractivity contribution in [2.75, 3.05) is 24.6 Å². The first kappa shape index (κ1) is 12.0. The molecule has 1 aromatic carbocycles. The second-order valence-electron chi connectivity index (χ2n) is 5.49. The molecular weight excluding hydrogens is 224 g/mol. The van der Waals surface area contributed by atoms with E-state index in [1.54, 1.807) is 0 Å². The fraction of sp³-hybridized carbons (Fsp3) is 0.600. The summed E-state index contributed by atoms with van der Waals surface area (Å²) in [6.07, 6.45) is 1.48. The number of benzene rings is 1. The molecule has 2 aliphatic heterocycles. The second-order valence-corrected chi connectivity index (χ2v) is 5.49. The first-order valence-electron chi connectivity index (χ1n) is 6.95. The van der Waals surface area contributed by atoms with Gasteiger partial charge in [-0.1, -0.05) is 12.1 Å². The summed E-state index contributed by atoms with van der Waals surface area (Å²) in [5.41, 5.74) is 4.41. The highest BCUT2D eigenvalue weighted by atomic mass is 16.5. The summed E-state index contributed by atoms with van der Waals surface area (Å²) in [5.74, 6) is 0. The topological polar surface area (TPSA) is 24.5 Å². The van der Waals surface area contributed by atoms with Gasteiger partial charge in [0.15, 0.2) is 0 Å². The van der Waals surface area contributed by atoms with Crippen molar-refractivity contribution in [1.29, 1.82) is 0 Å². The van der Waals surface area contributed by atoms with E-state index in [9.17, 15) is 0 Å². The molecule has 0 radical (unpaired) electrons. The molecule has 2 heterocycles. The zero-order valence-corrected chi connectivity index (χ0v) is 11.3. The quantitative estimate of drug-likeness (QED) is 0.819. The Hall–Kier alpha value is -1.06. The van der Waals surface area contributed by atoms with Gasteiger partial charge in [0, 0.05) is 24.8 Å². The van der Waals surface area contributed by atoms with E-state index >= 15 is 0 Å². The van der Waals surface area contributed by atoms with E-state index in [1.807, 2.05) is 0 Å². The average Bonchev–Trinajstić information content (AvgIpc) is 2.41. The number of nitrogens with one attached hydrogen (secondary N) is 1. The first-order valence-corrected chi connectivity index (χ1v) is 6.95. The Morgan fingerprint density at radius 1 is 1.33 bits per heavy atom. The van der Waals surface area contributed by atoms with E-state index in [4.69, 9.17) is 4.74 Å². The standard InChI is InChI=1S/C15H22N2O/c1-11-10-18-12(2)9-17(11)15-5-3-4-13-6-7-16-8-14(13)15/h3-5,11-12,16H,6-10H2,1-2H3. The second kappa shape index (κ2) is 4.90. The number of rotatable bonds is 1. The lowest BCUT2D eigenvalue weighted by Crippen LogP contribution is -2.48. The zero-order chi connectivity index (χ0) is 12.5. The van der Waals surface area contributed by atoms with Crippen LogP contribution in [0.4, 0.5) is 5.69 Å². The predicted molar refractivity (Wildman–Crippen MR) is 74.1 cm³/mol. The van der Waals surface area contributed by atoms with Gasteiger partial charge in [0.05, 0.1) is 12.7 Å². The molecule has 0 aliphatic carbocycles. The summed E-state index contributed by atoms with van der Waals surface area (Å²) in [6, 6.07) is 7.20.